The van der Waals surface area contributed by atoms with Crippen LogP contribution in [-0.2, 0) is 14.4 Å². The van der Waals surface area contributed by atoms with Gasteiger partial charge >= 0.3 is 0 Å². The van der Waals surface area contributed by atoms with Crippen molar-refractivity contribution in [1.29, 1.82) is 0 Å². The molecule has 3 aromatic carbocycles. The third-order valence-electron chi connectivity index (χ3n) is 6.22. The van der Waals surface area contributed by atoms with Crippen LogP contribution in [0.5, 0.6) is 5.75 Å². The minimum atomic E-state index is -0.915. The Morgan fingerprint density at radius 1 is 0.844 bits per heavy atom. The zero-order valence-electron chi connectivity index (χ0n) is 18.1. The smallest absolute Gasteiger partial charge is 0.266 e. The molecule has 6 nitrogen and oxygen atoms in total. The molecule has 2 aliphatic heterocycles. The van der Waals surface area contributed by atoms with Crippen LogP contribution in [0.1, 0.15) is 28.3 Å². The van der Waals surface area contributed by atoms with E-state index in [0.717, 1.165) is 27.9 Å². The predicted octanol–water partition coefficient (Wildman–Crippen LogP) is 4.37. The minimum Gasteiger partial charge on any atom is -0.508 e. The number of nitrogens with zero attached hydrogens (tertiary/aromatic N) is 2. The largest absolute Gasteiger partial charge is 0.508 e. The van der Waals surface area contributed by atoms with Gasteiger partial charge in [-0.25, -0.2) is 9.96 Å². The molecule has 3 atom stereocenters. The first-order chi connectivity index (χ1) is 15.4. The average Bonchev–Trinajstić information content (AvgIpc) is 3.26. The summed E-state index contributed by atoms with van der Waals surface area (Å²) in [6.07, 6.45) is -0.915. The summed E-state index contributed by atoms with van der Waals surface area (Å²) in [5.41, 5.74) is 5.03. The summed E-state index contributed by atoms with van der Waals surface area (Å²) in [4.78, 5) is 34.7. The lowest BCUT2D eigenvalue weighted by Crippen LogP contribution is -2.38. The van der Waals surface area contributed by atoms with E-state index in [2.05, 4.69) is 0 Å². The molecule has 162 valence electrons. The van der Waals surface area contributed by atoms with Crippen LogP contribution in [0.2, 0.25) is 0 Å². The fourth-order valence-corrected chi connectivity index (χ4v) is 4.97. The van der Waals surface area contributed by atoms with Crippen molar-refractivity contribution in [3.05, 3.63) is 89.0 Å². The number of aromatic hydroxyl groups is 1. The number of carbonyl (C=O) groups excluding carboxylic acids is 2. The number of anilines is 2. The molecule has 0 unspecified atom stereocenters. The van der Waals surface area contributed by atoms with E-state index in [4.69, 9.17) is 4.84 Å². The van der Waals surface area contributed by atoms with Crippen LogP contribution < -0.4 is 9.96 Å². The zero-order chi connectivity index (χ0) is 22.6. The van der Waals surface area contributed by atoms with E-state index in [0.29, 0.717) is 5.69 Å². The lowest BCUT2D eigenvalue weighted by Gasteiger charge is -2.29. The van der Waals surface area contributed by atoms with Crippen molar-refractivity contribution >= 4 is 23.2 Å². The number of amides is 2. The van der Waals surface area contributed by atoms with Crippen molar-refractivity contribution in [2.75, 3.05) is 9.96 Å². The summed E-state index contributed by atoms with van der Waals surface area (Å²) in [5.74, 6) is -1.19. The van der Waals surface area contributed by atoms with Gasteiger partial charge in [-0.3, -0.25) is 14.4 Å². The fraction of sp³-hybridized carbons (Fsp3) is 0.231. The summed E-state index contributed by atoms with van der Waals surface area (Å²) >= 11 is 0. The minimum absolute atomic E-state index is 0.136. The summed E-state index contributed by atoms with van der Waals surface area (Å²) < 4.78 is 0. The van der Waals surface area contributed by atoms with E-state index in [1.807, 2.05) is 63.2 Å². The predicted molar refractivity (Wildman–Crippen MR) is 121 cm³/mol. The van der Waals surface area contributed by atoms with E-state index in [1.54, 1.807) is 29.3 Å². The van der Waals surface area contributed by atoms with Crippen LogP contribution in [0.4, 0.5) is 11.4 Å². The molecule has 0 bridgehead atoms. The molecule has 1 N–H and O–H groups in total. The van der Waals surface area contributed by atoms with Gasteiger partial charge in [-0.1, -0.05) is 48.0 Å². The number of fused-ring (bicyclic) bond motifs is 1. The van der Waals surface area contributed by atoms with E-state index in [9.17, 15) is 14.7 Å². The Morgan fingerprint density at radius 2 is 1.47 bits per heavy atom. The molecule has 0 saturated carbocycles. The van der Waals surface area contributed by atoms with Gasteiger partial charge in [0.25, 0.3) is 5.91 Å². The maximum atomic E-state index is 13.8. The standard InChI is InChI=1S/C26H24N2O4/c1-15-13-16(2)22(17(3)14-15)27-25(30)21-23(18-9-11-20(29)12-10-18)28(32-24(21)26(27)31)19-7-5-4-6-8-19/h4-14,21,23-24,29H,1-3H3/t21-,23+,24-/m0/s1. The SMILES string of the molecule is Cc1cc(C)c(N2C(=O)[C@@H]3[C@H](ON(c4ccccc4)[C@@H]3c3ccc(O)cc3)C2=O)c(C)c1. The summed E-state index contributed by atoms with van der Waals surface area (Å²) in [6.45, 7) is 5.82. The monoisotopic (exact) mass is 428 g/mol. The lowest BCUT2D eigenvalue weighted by atomic mass is 9.90. The molecule has 3 aromatic rings. The number of benzene rings is 3. The van der Waals surface area contributed by atoms with Crippen molar-refractivity contribution < 1.29 is 19.5 Å². The third kappa shape index (κ3) is 3.07. The molecule has 2 heterocycles. The van der Waals surface area contributed by atoms with Crippen LogP contribution in [0.3, 0.4) is 0 Å². The maximum Gasteiger partial charge on any atom is 0.266 e. The molecule has 2 amide bonds. The van der Waals surface area contributed by atoms with Crippen molar-refractivity contribution in [2.24, 2.45) is 5.92 Å². The number of imide groups is 1. The Balaban J connectivity index is 1.61. The van der Waals surface area contributed by atoms with Crippen molar-refractivity contribution in [3.63, 3.8) is 0 Å². The number of para-hydroxylation sites is 1. The Labute approximate surface area is 186 Å². The Morgan fingerprint density at radius 3 is 2.09 bits per heavy atom. The molecular weight excluding hydrogens is 404 g/mol. The fourth-order valence-electron chi connectivity index (χ4n) is 4.97. The zero-order valence-corrected chi connectivity index (χ0v) is 18.1. The molecule has 0 radical (unpaired) electrons. The van der Waals surface area contributed by atoms with Crippen LogP contribution in [0.25, 0.3) is 0 Å². The molecular formula is C26H24N2O4. The molecule has 5 rings (SSSR count). The van der Waals surface area contributed by atoms with E-state index < -0.39 is 18.1 Å². The van der Waals surface area contributed by atoms with Crippen LogP contribution in [0.15, 0.2) is 66.7 Å². The third-order valence-corrected chi connectivity index (χ3v) is 6.22. The van der Waals surface area contributed by atoms with Gasteiger partial charge in [0.15, 0.2) is 6.10 Å². The summed E-state index contributed by atoms with van der Waals surface area (Å²) in [7, 11) is 0. The first-order valence-corrected chi connectivity index (χ1v) is 10.6. The second-order valence-electron chi connectivity index (χ2n) is 8.51. The van der Waals surface area contributed by atoms with Crippen molar-refractivity contribution in [3.8, 4) is 5.75 Å². The van der Waals surface area contributed by atoms with E-state index in [-0.39, 0.29) is 17.6 Å². The van der Waals surface area contributed by atoms with Crippen molar-refractivity contribution in [2.45, 2.75) is 32.9 Å². The highest BCUT2D eigenvalue weighted by Gasteiger charge is 2.60. The van der Waals surface area contributed by atoms with Gasteiger partial charge in [0.1, 0.15) is 11.7 Å². The topological polar surface area (TPSA) is 70.1 Å². The van der Waals surface area contributed by atoms with E-state index >= 15 is 0 Å². The molecule has 2 aliphatic rings. The summed E-state index contributed by atoms with van der Waals surface area (Å²) in [6, 6.07) is 19.6. The Bertz CT molecular complexity index is 1180. The van der Waals surface area contributed by atoms with E-state index in [1.165, 1.54) is 4.90 Å². The maximum absolute atomic E-state index is 13.8. The highest BCUT2D eigenvalue weighted by molar-refractivity contribution is 6.24. The van der Waals surface area contributed by atoms with Gasteiger partial charge in [-0.15, -0.1) is 0 Å². The van der Waals surface area contributed by atoms with Gasteiger partial charge in [0, 0.05) is 0 Å². The molecule has 2 fully saturated rings. The van der Waals surface area contributed by atoms with Gasteiger partial charge < -0.3 is 5.11 Å². The second-order valence-corrected chi connectivity index (χ2v) is 8.51. The first-order valence-electron chi connectivity index (χ1n) is 10.6. The normalized spacial score (nSPS) is 22.5. The number of hydroxylamine groups is 1. The lowest BCUT2D eigenvalue weighted by molar-refractivity contribution is -0.126. The number of aryl methyl sites for hydroxylation is 3. The number of carbonyl (C=O) groups is 2. The van der Waals surface area contributed by atoms with Gasteiger partial charge in [0.05, 0.1) is 17.4 Å². The Kier molecular flexibility index (Phi) is 4.75. The number of phenolic OH excluding ortho intramolecular Hbond substituents is 1. The second kappa shape index (κ2) is 7.50. The average molecular weight is 428 g/mol. The van der Waals surface area contributed by atoms with Gasteiger partial charge in [-0.05, 0) is 61.7 Å². The van der Waals surface area contributed by atoms with Crippen LogP contribution >= 0.6 is 0 Å². The molecule has 2 saturated heterocycles. The number of hydrogen-bond acceptors (Lipinski definition) is 5. The molecule has 0 aromatic heterocycles. The molecule has 6 heteroatoms. The quantitative estimate of drug-likeness (QED) is 0.628. The van der Waals surface area contributed by atoms with Gasteiger partial charge in [-0.2, -0.15) is 0 Å². The first kappa shape index (κ1) is 20.3. The highest BCUT2D eigenvalue weighted by atomic mass is 16.7. The molecule has 32 heavy (non-hydrogen) atoms. The van der Waals surface area contributed by atoms with Crippen LogP contribution in [-0.4, -0.2) is 23.0 Å². The van der Waals surface area contributed by atoms with Gasteiger partial charge in [0.2, 0.25) is 5.91 Å². The highest BCUT2D eigenvalue weighted by Crippen LogP contribution is 2.48. The number of phenols is 1. The summed E-state index contributed by atoms with van der Waals surface area (Å²) in [5, 5.41) is 11.4. The number of hydrogen-bond donors (Lipinski definition) is 1. The molecule has 0 aliphatic carbocycles. The molecule has 0 spiro atoms. The Hall–Kier alpha value is -3.64. The number of rotatable bonds is 3. The van der Waals surface area contributed by atoms with Crippen molar-refractivity contribution in [1.82, 2.24) is 0 Å². The van der Waals surface area contributed by atoms with Crippen LogP contribution in [0, 0.1) is 26.7 Å².